The van der Waals surface area contributed by atoms with Gasteiger partial charge in [-0.15, -0.1) is 0 Å². The molecule has 0 atom stereocenters. The van der Waals surface area contributed by atoms with Crippen molar-refractivity contribution in [2.75, 3.05) is 19.7 Å². The van der Waals surface area contributed by atoms with E-state index in [9.17, 15) is 4.79 Å². The molecule has 17 heavy (non-hydrogen) atoms. The van der Waals surface area contributed by atoms with E-state index in [0.717, 1.165) is 12.8 Å². The number of amides is 1. The van der Waals surface area contributed by atoms with E-state index in [4.69, 9.17) is 9.52 Å². The van der Waals surface area contributed by atoms with Gasteiger partial charge < -0.3 is 14.4 Å². The number of oxazole rings is 1. The number of aromatic nitrogens is 1. The number of hydrogen-bond donors (Lipinski definition) is 1. The fourth-order valence-electron chi connectivity index (χ4n) is 1.66. The Kier molecular flexibility index (Phi) is 5.15. The summed E-state index contributed by atoms with van der Waals surface area (Å²) in [4.78, 5) is 17.8. The van der Waals surface area contributed by atoms with Crippen LogP contribution in [0.5, 0.6) is 0 Å². The van der Waals surface area contributed by atoms with Crippen LogP contribution in [0, 0.1) is 13.8 Å². The predicted octanol–water partition coefficient (Wildman–Crippen LogP) is 1.53. The first-order valence-corrected chi connectivity index (χ1v) is 5.94. The largest absolute Gasteiger partial charge is 0.436 e. The molecule has 5 nitrogen and oxygen atoms in total. The van der Waals surface area contributed by atoms with Gasteiger partial charge in [-0.1, -0.05) is 13.3 Å². The van der Waals surface area contributed by atoms with Gasteiger partial charge in [0.05, 0.1) is 12.3 Å². The summed E-state index contributed by atoms with van der Waals surface area (Å²) in [6, 6.07) is 0. The molecule has 0 unspecified atom stereocenters. The summed E-state index contributed by atoms with van der Waals surface area (Å²) in [5, 5.41) is 8.97. The van der Waals surface area contributed by atoms with Gasteiger partial charge in [0, 0.05) is 20.0 Å². The van der Waals surface area contributed by atoms with Gasteiger partial charge in [0.25, 0.3) is 5.91 Å². The van der Waals surface area contributed by atoms with Crippen molar-refractivity contribution in [1.82, 2.24) is 9.88 Å². The molecule has 0 saturated heterocycles. The van der Waals surface area contributed by atoms with Crippen molar-refractivity contribution in [2.45, 2.75) is 33.6 Å². The third-order valence-corrected chi connectivity index (χ3v) is 2.54. The second kappa shape index (κ2) is 6.39. The van der Waals surface area contributed by atoms with Crippen molar-refractivity contribution in [3.63, 3.8) is 0 Å². The second-order valence-electron chi connectivity index (χ2n) is 4.02. The first-order chi connectivity index (χ1) is 8.10. The van der Waals surface area contributed by atoms with E-state index in [1.807, 2.05) is 0 Å². The van der Waals surface area contributed by atoms with Gasteiger partial charge >= 0.3 is 0 Å². The molecule has 1 aromatic heterocycles. The summed E-state index contributed by atoms with van der Waals surface area (Å²) in [6.45, 7) is 6.45. The summed E-state index contributed by atoms with van der Waals surface area (Å²) in [5.41, 5.74) is 0.604. The van der Waals surface area contributed by atoms with Crippen LogP contribution in [0.2, 0.25) is 0 Å². The van der Waals surface area contributed by atoms with Crippen molar-refractivity contribution >= 4 is 5.91 Å². The van der Waals surface area contributed by atoms with Crippen molar-refractivity contribution in [3.05, 3.63) is 17.3 Å². The van der Waals surface area contributed by atoms with Gasteiger partial charge in [-0.2, -0.15) is 0 Å². The second-order valence-corrected chi connectivity index (χ2v) is 4.02. The number of hydrogen-bond acceptors (Lipinski definition) is 4. The summed E-state index contributed by atoms with van der Waals surface area (Å²) in [6.07, 6.45) is 1.92. The average Bonchev–Trinajstić information content (AvgIpc) is 2.63. The molecule has 1 N–H and O–H groups in total. The lowest BCUT2D eigenvalue weighted by atomic mass is 10.2. The van der Waals surface area contributed by atoms with Crippen molar-refractivity contribution < 1.29 is 14.3 Å². The van der Waals surface area contributed by atoms with E-state index in [-0.39, 0.29) is 18.3 Å². The molecule has 0 fully saturated rings. The summed E-state index contributed by atoms with van der Waals surface area (Å²) < 4.78 is 5.30. The highest BCUT2D eigenvalue weighted by Gasteiger charge is 2.21. The number of carbonyl (C=O) groups excluding carboxylic acids is 1. The Labute approximate surface area is 101 Å². The quantitative estimate of drug-likeness (QED) is 0.818. The van der Waals surface area contributed by atoms with Crippen LogP contribution >= 0.6 is 0 Å². The normalized spacial score (nSPS) is 10.6. The number of aliphatic hydroxyl groups excluding tert-OH is 1. The Balaban J connectivity index is 2.79. The third-order valence-electron chi connectivity index (χ3n) is 2.54. The zero-order chi connectivity index (χ0) is 12.8. The number of unbranched alkanes of at least 4 members (excludes halogenated alkanes) is 1. The summed E-state index contributed by atoms with van der Waals surface area (Å²) in [5.74, 6) is 0.586. The van der Waals surface area contributed by atoms with Gasteiger partial charge in [-0.3, -0.25) is 4.79 Å². The van der Waals surface area contributed by atoms with Crippen LogP contribution < -0.4 is 0 Å². The lowest BCUT2D eigenvalue weighted by Gasteiger charge is -2.20. The van der Waals surface area contributed by atoms with E-state index in [1.54, 1.807) is 18.7 Å². The Hall–Kier alpha value is -1.36. The molecule has 0 aliphatic carbocycles. The highest BCUT2D eigenvalue weighted by atomic mass is 16.4. The lowest BCUT2D eigenvalue weighted by Crippen LogP contribution is -2.34. The first kappa shape index (κ1) is 13.7. The molecule has 1 amide bonds. The highest BCUT2D eigenvalue weighted by Crippen LogP contribution is 2.12. The summed E-state index contributed by atoms with van der Waals surface area (Å²) >= 11 is 0. The van der Waals surface area contributed by atoms with Gasteiger partial charge in [-0.05, 0) is 13.3 Å². The molecule has 0 aromatic carbocycles. The van der Waals surface area contributed by atoms with Gasteiger partial charge in [0.1, 0.15) is 0 Å². The molecule has 0 radical (unpaired) electrons. The molecule has 1 rings (SSSR count). The molecular formula is C12H20N2O3. The van der Waals surface area contributed by atoms with Crippen molar-refractivity contribution in [3.8, 4) is 0 Å². The molecule has 0 aliphatic heterocycles. The van der Waals surface area contributed by atoms with E-state index < -0.39 is 0 Å². The van der Waals surface area contributed by atoms with Crippen molar-refractivity contribution in [2.24, 2.45) is 0 Å². The number of nitrogens with zero attached hydrogens (tertiary/aromatic N) is 2. The van der Waals surface area contributed by atoms with Crippen molar-refractivity contribution in [1.29, 1.82) is 0 Å². The monoisotopic (exact) mass is 240 g/mol. The molecule has 0 aliphatic rings. The number of aryl methyl sites for hydroxylation is 2. The zero-order valence-electron chi connectivity index (χ0n) is 10.7. The first-order valence-electron chi connectivity index (χ1n) is 5.94. The Morgan fingerprint density at radius 1 is 1.41 bits per heavy atom. The molecule has 5 heteroatoms. The fourth-order valence-corrected chi connectivity index (χ4v) is 1.66. The van der Waals surface area contributed by atoms with Crippen LogP contribution in [0.4, 0.5) is 0 Å². The average molecular weight is 240 g/mol. The molecular weight excluding hydrogens is 220 g/mol. The highest BCUT2D eigenvalue weighted by molar-refractivity contribution is 5.92. The van der Waals surface area contributed by atoms with E-state index in [1.165, 1.54) is 0 Å². The maximum Gasteiger partial charge on any atom is 0.291 e. The SMILES string of the molecule is CCCCN(CCO)C(=O)c1oc(C)nc1C. The minimum atomic E-state index is -0.189. The van der Waals surface area contributed by atoms with Crippen LogP contribution in [0.25, 0.3) is 0 Å². The lowest BCUT2D eigenvalue weighted by molar-refractivity contribution is 0.0685. The van der Waals surface area contributed by atoms with Crippen LogP contribution in [-0.2, 0) is 0 Å². The van der Waals surface area contributed by atoms with Gasteiger partial charge in [0.15, 0.2) is 5.89 Å². The van der Waals surface area contributed by atoms with Gasteiger partial charge in [0.2, 0.25) is 5.76 Å². The van der Waals surface area contributed by atoms with Crippen LogP contribution in [-0.4, -0.2) is 40.6 Å². The maximum atomic E-state index is 12.2. The minimum absolute atomic E-state index is 0.0401. The number of rotatable bonds is 6. The number of carbonyl (C=O) groups is 1. The predicted molar refractivity (Wildman–Crippen MR) is 63.9 cm³/mol. The Morgan fingerprint density at radius 2 is 2.12 bits per heavy atom. The van der Waals surface area contributed by atoms with E-state index >= 15 is 0 Å². The summed E-state index contributed by atoms with van der Waals surface area (Å²) in [7, 11) is 0. The van der Waals surface area contributed by atoms with Crippen LogP contribution in [0.3, 0.4) is 0 Å². The maximum absolute atomic E-state index is 12.2. The molecule has 96 valence electrons. The number of aliphatic hydroxyl groups is 1. The van der Waals surface area contributed by atoms with Crippen LogP contribution in [0.1, 0.15) is 41.9 Å². The Morgan fingerprint density at radius 3 is 2.59 bits per heavy atom. The minimum Gasteiger partial charge on any atom is -0.436 e. The van der Waals surface area contributed by atoms with E-state index in [0.29, 0.717) is 24.7 Å². The third kappa shape index (κ3) is 3.56. The molecule has 1 heterocycles. The standard InChI is InChI=1S/C12H20N2O3/c1-4-5-6-14(7-8-15)12(16)11-9(2)13-10(3)17-11/h15H,4-8H2,1-3H3. The fraction of sp³-hybridized carbons (Fsp3) is 0.667. The smallest absolute Gasteiger partial charge is 0.291 e. The molecule has 0 bridgehead atoms. The topological polar surface area (TPSA) is 66.6 Å². The molecule has 0 saturated carbocycles. The molecule has 0 spiro atoms. The van der Waals surface area contributed by atoms with E-state index in [2.05, 4.69) is 11.9 Å². The van der Waals surface area contributed by atoms with Gasteiger partial charge in [-0.25, -0.2) is 4.98 Å². The Bertz CT molecular complexity index is 374. The van der Waals surface area contributed by atoms with Crippen LogP contribution in [0.15, 0.2) is 4.42 Å². The molecule has 1 aromatic rings. The zero-order valence-corrected chi connectivity index (χ0v) is 10.7.